The highest BCUT2D eigenvalue weighted by Gasteiger charge is 2.31. The number of carbonyl (C=O) groups excluding carboxylic acids is 2. The summed E-state index contributed by atoms with van der Waals surface area (Å²) in [6, 6.07) is 1.90. The molecule has 0 aromatic carbocycles. The van der Waals surface area contributed by atoms with E-state index in [2.05, 4.69) is 0 Å². The molecule has 7 heteroatoms. The van der Waals surface area contributed by atoms with E-state index >= 15 is 0 Å². The standard InChI is InChI=1S/C11H9NO3S3/c13-9(14)1-3-12-10(15)8(18-11(12)16)5-7-2-4-17-6-7/h2,4-6H,1,3H2,(H,13,14)/p-1/b8-5+. The average molecular weight is 298 g/mol. The maximum atomic E-state index is 12.0. The Hall–Kier alpha value is -1.18. The van der Waals surface area contributed by atoms with Crippen molar-refractivity contribution in [3.05, 3.63) is 27.3 Å². The number of hydrogen-bond donors (Lipinski definition) is 0. The smallest absolute Gasteiger partial charge is 0.266 e. The van der Waals surface area contributed by atoms with Crippen molar-refractivity contribution >= 4 is 57.6 Å². The number of carbonyl (C=O) groups is 2. The van der Waals surface area contributed by atoms with Crippen molar-refractivity contribution in [3.8, 4) is 0 Å². The summed E-state index contributed by atoms with van der Waals surface area (Å²) < 4.78 is 0.391. The summed E-state index contributed by atoms with van der Waals surface area (Å²) in [5.41, 5.74) is 0.945. The van der Waals surface area contributed by atoms with Crippen LogP contribution in [0.5, 0.6) is 0 Å². The first-order valence-electron chi connectivity index (χ1n) is 5.05. The number of aliphatic carboxylic acids is 1. The fraction of sp³-hybridized carbons (Fsp3) is 0.182. The number of carboxylic acids is 1. The van der Waals surface area contributed by atoms with Gasteiger partial charge in [-0.1, -0.05) is 24.0 Å². The van der Waals surface area contributed by atoms with Gasteiger partial charge in [-0.3, -0.25) is 9.69 Å². The van der Waals surface area contributed by atoms with Crippen LogP contribution in [0.4, 0.5) is 0 Å². The van der Waals surface area contributed by atoms with Crippen molar-refractivity contribution in [2.75, 3.05) is 6.54 Å². The van der Waals surface area contributed by atoms with Crippen molar-refractivity contribution in [2.45, 2.75) is 6.42 Å². The number of rotatable bonds is 4. The lowest BCUT2D eigenvalue weighted by molar-refractivity contribution is -0.305. The van der Waals surface area contributed by atoms with Crippen molar-refractivity contribution < 1.29 is 14.7 Å². The molecule has 0 bridgehead atoms. The zero-order valence-corrected chi connectivity index (χ0v) is 11.6. The second kappa shape index (κ2) is 5.64. The molecule has 1 fully saturated rings. The van der Waals surface area contributed by atoms with Crippen LogP contribution in [0.15, 0.2) is 21.7 Å². The highest BCUT2D eigenvalue weighted by molar-refractivity contribution is 8.26. The summed E-state index contributed by atoms with van der Waals surface area (Å²) in [6.45, 7) is 0.0635. The van der Waals surface area contributed by atoms with Crippen LogP contribution in [0.3, 0.4) is 0 Å². The second-order valence-electron chi connectivity index (χ2n) is 3.51. The molecule has 1 saturated heterocycles. The van der Waals surface area contributed by atoms with Gasteiger partial charge in [0, 0.05) is 18.9 Å². The summed E-state index contributed by atoms with van der Waals surface area (Å²) in [5, 5.41) is 14.2. The van der Waals surface area contributed by atoms with Crippen LogP contribution in [0.1, 0.15) is 12.0 Å². The lowest BCUT2D eigenvalue weighted by atomic mass is 10.3. The van der Waals surface area contributed by atoms with Crippen molar-refractivity contribution in [3.63, 3.8) is 0 Å². The van der Waals surface area contributed by atoms with Gasteiger partial charge in [-0.15, -0.1) is 0 Å². The largest absolute Gasteiger partial charge is 0.550 e. The van der Waals surface area contributed by atoms with Crippen LogP contribution in [0.2, 0.25) is 0 Å². The van der Waals surface area contributed by atoms with Gasteiger partial charge in [0.2, 0.25) is 0 Å². The molecule has 2 rings (SSSR count). The molecule has 1 amide bonds. The number of amides is 1. The van der Waals surface area contributed by atoms with E-state index < -0.39 is 5.97 Å². The van der Waals surface area contributed by atoms with Gasteiger partial charge in [-0.25, -0.2) is 0 Å². The zero-order chi connectivity index (χ0) is 13.1. The first-order chi connectivity index (χ1) is 8.58. The molecule has 0 aliphatic carbocycles. The average Bonchev–Trinajstić information content (AvgIpc) is 2.88. The van der Waals surface area contributed by atoms with E-state index in [1.54, 1.807) is 17.4 Å². The summed E-state index contributed by atoms with van der Waals surface area (Å²) in [5.74, 6) is -1.43. The predicted molar refractivity (Wildman–Crippen MR) is 73.8 cm³/mol. The molecule has 0 N–H and O–H groups in total. The highest BCUT2D eigenvalue weighted by atomic mass is 32.2. The third-order valence-corrected chi connectivity index (χ3v) is 4.33. The summed E-state index contributed by atoms with van der Waals surface area (Å²) in [6.07, 6.45) is 1.55. The first-order valence-corrected chi connectivity index (χ1v) is 7.22. The van der Waals surface area contributed by atoms with Gasteiger partial charge in [-0.05, 0) is 28.5 Å². The van der Waals surface area contributed by atoms with Gasteiger partial charge in [0.05, 0.1) is 4.91 Å². The maximum absolute atomic E-state index is 12.0. The van der Waals surface area contributed by atoms with Crippen LogP contribution in [0, 0.1) is 0 Å². The van der Waals surface area contributed by atoms with E-state index in [1.807, 2.05) is 16.8 Å². The Morgan fingerprint density at radius 2 is 2.33 bits per heavy atom. The van der Waals surface area contributed by atoms with Gasteiger partial charge >= 0.3 is 0 Å². The van der Waals surface area contributed by atoms with Crippen molar-refractivity contribution in [2.24, 2.45) is 0 Å². The molecule has 2 heterocycles. The van der Waals surface area contributed by atoms with E-state index in [0.29, 0.717) is 9.23 Å². The SMILES string of the molecule is O=C([O-])CCN1C(=O)/C(=C\c2ccsc2)SC1=S. The van der Waals surface area contributed by atoms with Crippen LogP contribution in [-0.2, 0) is 9.59 Å². The summed E-state index contributed by atoms with van der Waals surface area (Å²) in [7, 11) is 0. The number of thioether (sulfide) groups is 1. The van der Waals surface area contributed by atoms with E-state index in [9.17, 15) is 14.7 Å². The van der Waals surface area contributed by atoms with Crippen molar-refractivity contribution in [1.82, 2.24) is 4.90 Å². The Kier molecular flexibility index (Phi) is 4.15. The monoisotopic (exact) mass is 298 g/mol. The number of thiocarbonyl (C=S) groups is 1. The molecule has 0 spiro atoms. The number of carboxylic acid groups (broad SMARTS) is 1. The molecule has 18 heavy (non-hydrogen) atoms. The molecule has 0 saturated carbocycles. The molecule has 0 unspecified atom stereocenters. The second-order valence-corrected chi connectivity index (χ2v) is 5.97. The molecule has 1 aromatic rings. The first kappa shape index (κ1) is 13.3. The number of nitrogens with zero attached hydrogens (tertiary/aromatic N) is 1. The van der Waals surface area contributed by atoms with Gasteiger partial charge in [0.25, 0.3) is 5.91 Å². The van der Waals surface area contributed by atoms with E-state index in [0.717, 1.165) is 5.56 Å². The minimum atomic E-state index is -1.19. The maximum Gasteiger partial charge on any atom is 0.266 e. The van der Waals surface area contributed by atoms with E-state index in [1.165, 1.54) is 16.7 Å². The fourth-order valence-electron chi connectivity index (χ4n) is 1.40. The molecular formula is C11H8NO3S3-. The molecule has 1 aromatic heterocycles. The van der Waals surface area contributed by atoms with Crippen LogP contribution < -0.4 is 5.11 Å². The summed E-state index contributed by atoms with van der Waals surface area (Å²) >= 11 is 7.79. The minimum absolute atomic E-state index is 0.0635. The van der Waals surface area contributed by atoms with E-state index in [4.69, 9.17) is 12.2 Å². The Bertz CT molecular complexity index is 522. The molecule has 1 aliphatic rings. The Balaban J connectivity index is 2.11. The molecule has 4 nitrogen and oxygen atoms in total. The zero-order valence-electron chi connectivity index (χ0n) is 9.12. The quantitative estimate of drug-likeness (QED) is 0.615. The third kappa shape index (κ3) is 2.98. The van der Waals surface area contributed by atoms with Crippen LogP contribution in [-0.4, -0.2) is 27.6 Å². The van der Waals surface area contributed by atoms with Gasteiger partial charge in [-0.2, -0.15) is 11.3 Å². The third-order valence-electron chi connectivity index (χ3n) is 2.25. The molecular weight excluding hydrogens is 290 g/mol. The Morgan fingerprint density at radius 3 is 2.94 bits per heavy atom. The fourth-order valence-corrected chi connectivity index (χ4v) is 3.33. The van der Waals surface area contributed by atoms with E-state index in [-0.39, 0.29) is 18.9 Å². The molecule has 0 atom stereocenters. The Labute approximate surface area is 117 Å². The molecule has 94 valence electrons. The Morgan fingerprint density at radius 1 is 1.56 bits per heavy atom. The van der Waals surface area contributed by atoms with Crippen molar-refractivity contribution in [1.29, 1.82) is 0 Å². The molecule has 0 radical (unpaired) electrons. The number of hydrogen-bond acceptors (Lipinski definition) is 6. The van der Waals surface area contributed by atoms with Crippen LogP contribution >= 0.6 is 35.3 Å². The van der Waals surface area contributed by atoms with Gasteiger partial charge in [0.15, 0.2) is 0 Å². The topological polar surface area (TPSA) is 60.4 Å². The summed E-state index contributed by atoms with van der Waals surface area (Å²) in [4.78, 5) is 24.2. The minimum Gasteiger partial charge on any atom is -0.550 e. The van der Waals surface area contributed by atoms with Crippen LogP contribution in [0.25, 0.3) is 6.08 Å². The lowest BCUT2D eigenvalue weighted by Gasteiger charge is -2.14. The normalized spacial score (nSPS) is 17.8. The predicted octanol–water partition coefficient (Wildman–Crippen LogP) is 1.09. The highest BCUT2D eigenvalue weighted by Crippen LogP contribution is 2.32. The van der Waals surface area contributed by atoms with Gasteiger partial charge < -0.3 is 9.90 Å². The lowest BCUT2D eigenvalue weighted by Crippen LogP contribution is -2.33. The molecule has 1 aliphatic heterocycles. The number of thiophene rings is 1. The van der Waals surface area contributed by atoms with Gasteiger partial charge in [0.1, 0.15) is 4.32 Å².